The van der Waals surface area contributed by atoms with Crippen LogP contribution in [0.1, 0.15) is 58.3 Å². The van der Waals surface area contributed by atoms with E-state index in [4.69, 9.17) is 4.74 Å². The highest BCUT2D eigenvalue weighted by atomic mass is 32.1. The zero-order valence-corrected chi connectivity index (χ0v) is 19.6. The van der Waals surface area contributed by atoms with Crippen LogP contribution in [0, 0.1) is 5.41 Å². The standard InChI is InChI=1S/C26H29NO3S/c1-15(2)30-25(29)22-16(3)27-19-12-26(4,5)13-20(28)23(19)24(22)21-11-18(14-31-21)17-9-7-6-8-10-17/h6-11,14-15,24,27H,12-13H2,1-5H3. The highest BCUT2D eigenvalue weighted by molar-refractivity contribution is 7.10. The van der Waals surface area contributed by atoms with Crippen molar-refractivity contribution in [2.45, 2.75) is 59.5 Å². The van der Waals surface area contributed by atoms with Crippen molar-refractivity contribution in [3.63, 3.8) is 0 Å². The summed E-state index contributed by atoms with van der Waals surface area (Å²) in [6, 6.07) is 12.3. The normalized spacial score (nSPS) is 20.6. The van der Waals surface area contributed by atoms with E-state index in [1.807, 2.05) is 39.0 Å². The largest absolute Gasteiger partial charge is 0.460 e. The molecule has 1 aromatic heterocycles. The third kappa shape index (κ3) is 4.24. The van der Waals surface area contributed by atoms with Gasteiger partial charge in [0.05, 0.1) is 17.6 Å². The first-order valence-corrected chi connectivity index (χ1v) is 11.6. The van der Waals surface area contributed by atoms with E-state index in [1.165, 1.54) is 0 Å². The monoisotopic (exact) mass is 435 g/mol. The molecular formula is C26H29NO3S. The fourth-order valence-electron chi connectivity index (χ4n) is 4.55. The minimum atomic E-state index is -0.395. The van der Waals surface area contributed by atoms with Crippen LogP contribution in [0.5, 0.6) is 0 Å². The summed E-state index contributed by atoms with van der Waals surface area (Å²) in [4.78, 5) is 27.5. The molecule has 0 fully saturated rings. The van der Waals surface area contributed by atoms with Gasteiger partial charge in [-0.2, -0.15) is 0 Å². The third-order valence-corrected chi connectivity index (χ3v) is 6.81. The van der Waals surface area contributed by atoms with Crippen LogP contribution < -0.4 is 5.32 Å². The van der Waals surface area contributed by atoms with Gasteiger partial charge in [-0.25, -0.2) is 4.79 Å². The average Bonchev–Trinajstić information content (AvgIpc) is 3.15. The molecule has 31 heavy (non-hydrogen) atoms. The molecule has 4 rings (SSSR count). The smallest absolute Gasteiger partial charge is 0.337 e. The van der Waals surface area contributed by atoms with Crippen molar-refractivity contribution in [1.29, 1.82) is 0 Å². The summed E-state index contributed by atoms with van der Waals surface area (Å²) in [7, 11) is 0. The number of ketones is 1. The van der Waals surface area contributed by atoms with E-state index in [0.717, 1.165) is 39.4 Å². The van der Waals surface area contributed by atoms with Gasteiger partial charge < -0.3 is 10.1 Å². The van der Waals surface area contributed by atoms with Crippen LogP contribution >= 0.6 is 11.3 Å². The summed E-state index contributed by atoms with van der Waals surface area (Å²) in [6.45, 7) is 9.83. The summed E-state index contributed by atoms with van der Waals surface area (Å²) in [6.07, 6.45) is 1.03. The number of rotatable bonds is 4. The summed E-state index contributed by atoms with van der Waals surface area (Å²) in [5.74, 6) is -0.641. The molecule has 1 aliphatic heterocycles. The van der Waals surface area contributed by atoms with Gasteiger partial charge in [-0.1, -0.05) is 44.2 Å². The van der Waals surface area contributed by atoms with Crippen LogP contribution in [0.15, 0.2) is 64.3 Å². The lowest BCUT2D eigenvalue weighted by molar-refractivity contribution is -0.143. The van der Waals surface area contributed by atoms with E-state index in [1.54, 1.807) is 11.3 Å². The lowest BCUT2D eigenvalue weighted by atomic mass is 9.70. The Hall–Kier alpha value is -2.66. The molecule has 2 aliphatic rings. The van der Waals surface area contributed by atoms with Crippen molar-refractivity contribution in [2.75, 3.05) is 0 Å². The molecule has 1 aromatic carbocycles. The molecule has 1 N–H and O–H groups in total. The minimum absolute atomic E-state index is 0.103. The minimum Gasteiger partial charge on any atom is -0.460 e. The van der Waals surface area contributed by atoms with Crippen molar-refractivity contribution in [2.24, 2.45) is 5.41 Å². The Morgan fingerprint density at radius 1 is 1.16 bits per heavy atom. The van der Waals surface area contributed by atoms with E-state index in [-0.39, 0.29) is 23.3 Å². The number of Topliss-reactive ketones (excluding diaryl/α,β-unsaturated/α-hetero) is 1. The molecule has 1 aliphatic carbocycles. The summed E-state index contributed by atoms with van der Waals surface area (Å²) in [5, 5.41) is 5.49. The predicted octanol–water partition coefficient (Wildman–Crippen LogP) is 5.97. The Bertz CT molecular complexity index is 1090. The van der Waals surface area contributed by atoms with Crippen molar-refractivity contribution < 1.29 is 14.3 Å². The topological polar surface area (TPSA) is 55.4 Å². The second kappa shape index (κ2) is 8.12. The number of hydrogen-bond acceptors (Lipinski definition) is 5. The number of nitrogens with one attached hydrogen (secondary N) is 1. The molecule has 1 unspecified atom stereocenters. The molecule has 162 valence electrons. The molecule has 4 nitrogen and oxygen atoms in total. The van der Waals surface area contributed by atoms with Gasteiger partial charge >= 0.3 is 5.97 Å². The Morgan fingerprint density at radius 3 is 2.55 bits per heavy atom. The first kappa shape index (κ1) is 21.6. The number of hydrogen-bond donors (Lipinski definition) is 1. The molecule has 0 saturated carbocycles. The SMILES string of the molecule is CC1=C(C(=O)OC(C)C)C(c2cc(-c3ccccc3)cs2)C2=C(CC(C)(C)CC2=O)N1. The predicted molar refractivity (Wildman–Crippen MR) is 125 cm³/mol. The summed E-state index contributed by atoms with van der Waals surface area (Å²) >= 11 is 1.59. The van der Waals surface area contributed by atoms with Crippen molar-refractivity contribution >= 4 is 23.1 Å². The molecule has 0 spiro atoms. The Morgan fingerprint density at radius 2 is 1.87 bits per heavy atom. The highest BCUT2D eigenvalue weighted by Crippen LogP contribution is 2.48. The molecule has 0 bridgehead atoms. The second-order valence-corrected chi connectivity index (χ2v) is 10.4. The molecule has 2 aromatic rings. The fraction of sp³-hybridized carbons (Fsp3) is 0.385. The zero-order valence-electron chi connectivity index (χ0n) is 18.7. The number of esters is 1. The number of allylic oxidation sites excluding steroid dienone is 3. The van der Waals surface area contributed by atoms with Crippen LogP contribution in [-0.2, 0) is 14.3 Å². The van der Waals surface area contributed by atoms with E-state index in [2.05, 4.69) is 42.7 Å². The number of benzene rings is 1. The molecule has 1 atom stereocenters. The zero-order chi connectivity index (χ0) is 22.3. The first-order valence-electron chi connectivity index (χ1n) is 10.7. The maximum absolute atomic E-state index is 13.3. The van der Waals surface area contributed by atoms with Crippen LogP contribution in [-0.4, -0.2) is 17.9 Å². The van der Waals surface area contributed by atoms with Crippen LogP contribution in [0.3, 0.4) is 0 Å². The molecule has 5 heteroatoms. The van der Waals surface area contributed by atoms with Crippen LogP contribution in [0.2, 0.25) is 0 Å². The Kier molecular flexibility index (Phi) is 5.65. The van der Waals surface area contributed by atoms with Gasteiger partial charge in [0.1, 0.15) is 0 Å². The van der Waals surface area contributed by atoms with Gasteiger partial charge in [0.15, 0.2) is 5.78 Å². The second-order valence-electron chi connectivity index (χ2n) is 9.49. The molecule has 2 heterocycles. The Labute approximate surface area is 188 Å². The molecule has 0 radical (unpaired) electrons. The van der Waals surface area contributed by atoms with Crippen molar-refractivity contribution in [3.8, 4) is 11.1 Å². The molecular weight excluding hydrogens is 406 g/mol. The first-order chi connectivity index (χ1) is 14.7. The van der Waals surface area contributed by atoms with E-state index >= 15 is 0 Å². The average molecular weight is 436 g/mol. The lowest BCUT2D eigenvalue weighted by Gasteiger charge is -2.39. The number of carbonyl (C=O) groups excluding carboxylic acids is 2. The van der Waals surface area contributed by atoms with Crippen molar-refractivity contribution in [3.05, 3.63) is 69.2 Å². The van der Waals surface area contributed by atoms with Crippen LogP contribution in [0.4, 0.5) is 0 Å². The number of ether oxygens (including phenoxy) is 1. The fourth-order valence-corrected chi connectivity index (χ4v) is 5.59. The maximum atomic E-state index is 13.3. The van der Waals surface area contributed by atoms with E-state index < -0.39 is 5.92 Å². The summed E-state index contributed by atoms with van der Waals surface area (Å²) in [5.41, 5.74) is 5.10. The number of carbonyl (C=O) groups is 2. The van der Waals surface area contributed by atoms with Gasteiger partial charge in [-0.15, -0.1) is 11.3 Å². The van der Waals surface area contributed by atoms with Gasteiger partial charge in [0.2, 0.25) is 0 Å². The maximum Gasteiger partial charge on any atom is 0.337 e. The number of dihydropyridines is 1. The van der Waals surface area contributed by atoms with Gasteiger partial charge in [0.25, 0.3) is 0 Å². The highest BCUT2D eigenvalue weighted by Gasteiger charge is 2.43. The lowest BCUT2D eigenvalue weighted by Crippen LogP contribution is -2.38. The third-order valence-electron chi connectivity index (χ3n) is 5.81. The van der Waals surface area contributed by atoms with E-state index in [9.17, 15) is 9.59 Å². The van der Waals surface area contributed by atoms with Gasteiger partial charge in [-0.3, -0.25) is 4.79 Å². The van der Waals surface area contributed by atoms with Crippen molar-refractivity contribution in [1.82, 2.24) is 5.32 Å². The van der Waals surface area contributed by atoms with E-state index in [0.29, 0.717) is 12.0 Å². The van der Waals surface area contributed by atoms with Gasteiger partial charge in [-0.05, 0) is 55.2 Å². The van der Waals surface area contributed by atoms with Gasteiger partial charge in [0, 0.05) is 28.3 Å². The summed E-state index contributed by atoms with van der Waals surface area (Å²) < 4.78 is 5.59. The molecule has 0 amide bonds. The Balaban J connectivity index is 1.84. The molecule has 0 saturated heterocycles. The quantitative estimate of drug-likeness (QED) is 0.601. The van der Waals surface area contributed by atoms with Crippen LogP contribution in [0.25, 0.3) is 11.1 Å². The number of thiophene rings is 1.